The van der Waals surface area contributed by atoms with Gasteiger partial charge in [-0.25, -0.2) is 4.79 Å². The number of rotatable bonds is 9. The molecule has 0 spiro atoms. The first kappa shape index (κ1) is 27.9. The van der Waals surface area contributed by atoms with Crippen molar-refractivity contribution in [1.29, 1.82) is 0 Å². The first-order valence-corrected chi connectivity index (χ1v) is 13.0. The van der Waals surface area contributed by atoms with Gasteiger partial charge in [-0.05, 0) is 41.0 Å². The molecule has 1 aliphatic rings. The fourth-order valence-corrected chi connectivity index (χ4v) is 5.12. The minimum Gasteiger partial charge on any atom is -0.497 e. The van der Waals surface area contributed by atoms with Crippen LogP contribution in [0.25, 0.3) is 0 Å². The molecule has 1 aromatic heterocycles. The van der Waals surface area contributed by atoms with E-state index in [1.54, 1.807) is 14.2 Å². The van der Waals surface area contributed by atoms with Gasteiger partial charge in [0.15, 0.2) is 0 Å². The van der Waals surface area contributed by atoms with Crippen molar-refractivity contribution in [3.8, 4) is 23.8 Å². The SMILES string of the molecule is C#Cc1cn([C@H]2C[C@H](O)[C@@H](COC(c3ccccc3)(c3ccc(OC)cc3)c3ccc(OC)cc3)O2)c(=O)[nH]c1=O. The number of ether oxygens (including phenoxy) is 4. The highest BCUT2D eigenvalue weighted by atomic mass is 16.6. The summed E-state index contributed by atoms with van der Waals surface area (Å²) in [7, 11) is 3.21. The first-order chi connectivity index (χ1) is 19.9. The van der Waals surface area contributed by atoms with Crippen molar-refractivity contribution in [2.75, 3.05) is 20.8 Å². The molecule has 41 heavy (non-hydrogen) atoms. The third-order valence-electron chi connectivity index (χ3n) is 7.28. The highest BCUT2D eigenvalue weighted by Gasteiger charge is 2.42. The molecule has 2 N–H and O–H groups in total. The van der Waals surface area contributed by atoms with Crippen molar-refractivity contribution in [2.45, 2.75) is 30.5 Å². The Kier molecular flexibility index (Phi) is 8.08. The number of aliphatic hydroxyl groups excluding tert-OH is 1. The molecule has 9 heteroatoms. The number of hydrogen-bond acceptors (Lipinski definition) is 7. The van der Waals surface area contributed by atoms with Crippen LogP contribution in [0, 0.1) is 12.3 Å². The zero-order chi connectivity index (χ0) is 29.0. The lowest BCUT2D eigenvalue weighted by Crippen LogP contribution is -2.38. The highest BCUT2D eigenvalue weighted by Crippen LogP contribution is 2.42. The zero-order valence-electron chi connectivity index (χ0n) is 22.7. The predicted octanol–water partition coefficient (Wildman–Crippen LogP) is 3.19. The first-order valence-electron chi connectivity index (χ1n) is 13.0. The van der Waals surface area contributed by atoms with E-state index >= 15 is 0 Å². The van der Waals surface area contributed by atoms with Crippen LogP contribution in [0.3, 0.4) is 0 Å². The van der Waals surface area contributed by atoms with E-state index < -0.39 is 35.3 Å². The molecule has 1 fully saturated rings. The van der Waals surface area contributed by atoms with Crippen LogP contribution in [0.4, 0.5) is 0 Å². The van der Waals surface area contributed by atoms with Gasteiger partial charge in [-0.15, -0.1) is 6.42 Å². The van der Waals surface area contributed by atoms with Gasteiger partial charge in [0.2, 0.25) is 0 Å². The summed E-state index contributed by atoms with van der Waals surface area (Å²) >= 11 is 0. The van der Waals surface area contributed by atoms with E-state index in [4.69, 9.17) is 25.4 Å². The van der Waals surface area contributed by atoms with Gasteiger partial charge in [-0.2, -0.15) is 0 Å². The molecule has 0 radical (unpaired) electrons. The van der Waals surface area contributed by atoms with Gasteiger partial charge in [-0.3, -0.25) is 14.3 Å². The van der Waals surface area contributed by atoms with Gasteiger partial charge >= 0.3 is 5.69 Å². The van der Waals surface area contributed by atoms with Crippen LogP contribution in [0.5, 0.6) is 11.5 Å². The van der Waals surface area contributed by atoms with Crippen molar-refractivity contribution in [2.24, 2.45) is 0 Å². The molecular formula is C32H30N2O7. The lowest BCUT2D eigenvalue weighted by Gasteiger charge is -2.37. The normalized spacial score (nSPS) is 18.5. The summed E-state index contributed by atoms with van der Waals surface area (Å²) in [6.07, 6.45) is 4.20. The predicted molar refractivity (Wildman–Crippen MR) is 152 cm³/mol. The Labute approximate surface area is 236 Å². The van der Waals surface area contributed by atoms with Gasteiger partial charge < -0.3 is 24.1 Å². The maximum atomic E-state index is 12.5. The molecule has 0 saturated carbocycles. The van der Waals surface area contributed by atoms with Gasteiger partial charge in [0.05, 0.1) is 26.9 Å². The Bertz CT molecular complexity index is 1590. The Morgan fingerprint density at radius 1 is 0.951 bits per heavy atom. The fourth-order valence-electron chi connectivity index (χ4n) is 5.12. The topological polar surface area (TPSA) is 112 Å². The number of aromatic nitrogens is 2. The van der Waals surface area contributed by atoms with Gasteiger partial charge in [0.25, 0.3) is 5.56 Å². The summed E-state index contributed by atoms with van der Waals surface area (Å²) < 4.78 is 24.9. The Balaban J connectivity index is 1.54. The molecular weight excluding hydrogens is 524 g/mol. The molecule has 2 heterocycles. The van der Waals surface area contributed by atoms with Crippen LogP contribution in [0.1, 0.15) is 34.9 Å². The number of nitrogens with one attached hydrogen (secondary N) is 1. The fraction of sp³-hybridized carbons (Fsp3) is 0.250. The van der Waals surface area contributed by atoms with Crippen molar-refractivity contribution >= 4 is 0 Å². The second-order valence-corrected chi connectivity index (χ2v) is 9.60. The van der Waals surface area contributed by atoms with Crippen molar-refractivity contribution in [3.05, 3.63) is 128 Å². The maximum absolute atomic E-state index is 12.5. The highest BCUT2D eigenvalue weighted by molar-refractivity contribution is 5.49. The standard InChI is InChI=1S/C32H30N2O7/c1-4-21-19-34(31(37)33-30(21)36)29-18-27(35)28(41-29)20-40-32(22-8-6-5-7-9-22,23-10-14-25(38-2)15-11-23)24-12-16-26(39-3)17-13-24/h1,5-17,19,27-29,35H,18,20H2,2-3H3,(H,33,36,37)/t27-,28+,29+/m0/s1. The number of aliphatic hydroxyl groups is 1. The molecule has 1 aliphatic heterocycles. The lowest BCUT2D eigenvalue weighted by atomic mass is 9.80. The molecule has 0 aliphatic carbocycles. The smallest absolute Gasteiger partial charge is 0.330 e. The van der Waals surface area contributed by atoms with Gasteiger partial charge in [0, 0.05) is 12.6 Å². The summed E-state index contributed by atoms with van der Waals surface area (Å²) in [5.41, 5.74) is 0.0661. The van der Waals surface area contributed by atoms with E-state index in [-0.39, 0.29) is 18.6 Å². The summed E-state index contributed by atoms with van der Waals surface area (Å²) in [6, 6.07) is 24.9. The van der Waals surface area contributed by atoms with Crippen LogP contribution in [0.15, 0.2) is 94.6 Å². The molecule has 3 atom stereocenters. The van der Waals surface area contributed by atoms with Gasteiger partial charge in [-0.1, -0.05) is 60.5 Å². The number of aromatic amines is 1. The van der Waals surface area contributed by atoms with E-state index in [1.807, 2.05) is 78.9 Å². The molecule has 1 saturated heterocycles. The third-order valence-corrected chi connectivity index (χ3v) is 7.28. The average Bonchev–Trinajstić information content (AvgIpc) is 3.38. The maximum Gasteiger partial charge on any atom is 0.330 e. The zero-order valence-corrected chi connectivity index (χ0v) is 22.7. The number of hydrogen-bond donors (Lipinski definition) is 2. The van der Waals surface area contributed by atoms with Crippen molar-refractivity contribution < 1.29 is 24.1 Å². The lowest BCUT2D eigenvalue weighted by molar-refractivity contribution is -0.0944. The molecule has 3 aromatic carbocycles. The molecule has 210 valence electrons. The number of methoxy groups -OCH3 is 2. The van der Waals surface area contributed by atoms with Crippen LogP contribution < -0.4 is 20.7 Å². The van der Waals surface area contributed by atoms with E-state index in [1.165, 1.54) is 10.8 Å². The Morgan fingerprint density at radius 2 is 1.51 bits per heavy atom. The number of nitrogens with zero attached hydrogens (tertiary/aromatic N) is 1. The molecule has 5 rings (SSSR count). The van der Waals surface area contributed by atoms with Gasteiger partial charge in [0.1, 0.15) is 35.0 Å². The van der Waals surface area contributed by atoms with Crippen LogP contribution >= 0.6 is 0 Å². The largest absolute Gasteiger partial charge is 0.497 e. The molecule has 9 nitrogen and oxygen atoms in total. The minimum atomic E-state index is -1.10. The van der Waals surface area contributed by atoms with Crippen molar-refractivity contribution in [1.82, 2.24) is 9.55 Å². The monoisotopic (exact) mass is 554 g/mol. The number of H-pyrrole nitrogens is 1. The van der Waals surface area contributed by atoms with E-state index in [0.29, 0.717) is 11.5 Å². The van der Waals surface area contributed by atoms with Crippen LogP contribution in [-0.2, 0) is 15.1 Å². The summed E-state index contributed by atoms with van der Waals surface area (Å²) in [5.74, 6) is 3.65. The van der Waals surface area contributed by atoms with Crippen LogP contribution in [0.2, 0.25) is 0 Å². The quantitative estimate of drug-likeness (QED) is 0.241. The number of benzene rings is 3. The summed E-state index contributed by atoms with van der Waals surface area (Å²) in [4.78, 5) is 26.6. The third kappa shape index (κ3) is 5.41. The molecule has 0 amide bonds. The second-order valence-electron chi connectivity index (χ2n) is 9.60. The summed E-state index contributed by atoms with van der Waals surface area (Å²) in [5, 5.41) is 11.0. The average molecular weight is 555 g/mol. The van der Waals surface area contributed by atoms with E-state index in [2.05, 4.69) is 10.9 Å². The van der Waals surface area contributed by atoms with E-state index in [0.717, 1.165) is 16.7 Å². The minimum absolute atomic E-state index is 0.00973. The van der Waals surface area contributed by atoms with E-state index in [9.17, 15) is 14.7 Å². The molecule has 0 bridgehead atoms. The number of terminal acetylenes is 1. The second kappa shape index (κ2) is 11.9. The Morgan fingerprint density at radius 3 is 2.05 bits per heavy atom. The Hall–Kier alpha value is -4.62. The molecule has 4 aromatic rings. The summed E-state index contributed by atoms with van der Waals surface area (Å²) in [6.45, 7) is -0.0231. The van der Waals surface area contributed by atoms with Crippen molar-refractivity contribution in [3.63, 3.8) is 0 Å². The molecule has 0 unspecified atom stereocenters. The van der Waals surface area contributed by atoms with Crippen LogP contribution in [-0.4, -0.2) is 47.7 Å².